The number of piperazine rings is 2. The molecule has 6 nitrogen and oxygen atoms in total. The van der Waals surface area contributed by atoms with E-state index in [4.69, 9.17) is 0 Å². The number of carbonyl (C=O) groups excluding carboxylic acids is 2. The highest BCUT2D eigenvalue weighted by molar-refractivity contribution is 5.79. The molecule has 1 aromatic rings. The summed E-state index contributed by atoms with van der Waals surface area (Å²) in [5.41, 5.74) is 2.29. The number of rotatable bonds is 7. The first-order valence-electron chi connectivity index (χ1n) is 11.9. The third kappa shape index (κ3) is 6.30. The van der Waals surface area contributed by atoms with E-state index in [1.165, 1.54) is 5.56 Å². The Hall–Kier alpha value is -1.92. The third-order valence-electron chi connectivity index (χ3n) is 7.24. The number of likely N-dealkylation sites (N-methyl/N-ethyl adjacent to an activating group) is 2. The van der Waals surface area contributed by atoms with Gasteiger partial charge in [-0.15, -0.1) is 0 Å². The predicted octanol–water partition coefficient (Wildman–Crippen LogP) is 2.26. The Morgan fingerprint density at radius 3 is 2.35 bits per heavy atom. The van der Waals surface area contributed by atoms with Gasteiger partial charge >= 0.3 is 0 Å². The summed E-state index contributed by atoms with van der Waals surface area (Å²) in [5.74, 6) is 0.629. The second kappa shape index (κ2) is 11.1. The van der Waals surface area contributed by atoms with Gasteiger partial charge in [0, 0.05) is 57.8 Å². The lowest BCUT2D eigenvalue weighted by Crippen LogP contribution is -2.54. The fourth-order valence-electron chi connectivity index (χ4n) is 4.75. The molecule has 0 aliphatic carbocycles. The number of hydrogen-bond donors (Lipinski definition) is 0. The maximum Gasteiger partial charge on any atom is 0.227 e. The highest BCUT2D eigenvalue weighted by Gasteiger charge is 2.30. The number of hydrogen-bond acceptors (Lipinski definition) is 4. The maximum atomic E-state index is 13.0. The lowest BCUT2D eigenvalue weighted by Gasteiger charge is -2.40. The van der Waals surface area contributed by atoms with E-state index >= 15 is 0 Å². The largest absolute Gasteiger partial charge is 0.340 e. The zero-order valence-corrected chi connectivity index (χ0v) is 19.8. The molecule has 2 atom stereocenters. The molecule has 2 heterocycles. The van der Waals surface area contributed by atoms with Crippen molar-refractivity contribution in [3.8, 4) is 0 Å². The SMILES string of the molecule is CCC(CCC1CN(C(=O)Cc2ccccc2C)CCN1C)C(=O)N1CCN(C)CC1. The summed E-state index contributed by atoms with van der Waals surface area (Å²) in [7, 11) is 4.27. The van der Waals surface area contributed by atoms with Gasteiger partial charge in [0.25, 0.3) is 0 Å². The molecular formula is C25H40N4O2. The van der Waals surface area contributed by atoms with Crippen molar-refractivity contribution in [2.45, 2.75) is 45.6 Å². The van der Waals surface area contributed by atoms with Crippen molar-refractivity contribution in [3.63, 3.8) is 0 Å². The molecular weight excluding hydrogens is 388 g/mol. The summed E-state index contributed by atoms with van der Waals surface area (Å²) in [4.78, 5) is 34.7. The van der Waals surface area contributed by atoms with Crippen molar-refractivity contribution < 1.29 is 9.59 Å². The Kier molecular flexibility index (Phi) is 8.50. The molecule has 2 aliphatic heterocycles. The minimum absolute atomic E-state index is 0.0925. The van der Waals surface area contributed by atoms with Gasteiger partial charge in [-0.3, -0.25) is 14.5 Å². The van der Waals surface area contributed by atoms with E-state index in [9.17, 15) is 9.59 Å². The van der Waals surface area contributed by atoms with Crippen LogP contribution in [-0.4, -0.2) is 97.4 Å². The molecule has 0 spiro atoms. The normalized spacial score (nSPS) is 21.9. The van der Waals surface area contributed by atoms with Crippen molar-refractivity contribution in [2.75, 3.05) is 59.9 Å². The lowest BCUT2D eigenvalue weighted by molar-refractivity contribution is -0.138. The first-order valence-corrected chi connectivity index (χ1v) is 11.9. The Bertz CT molecular complexity index is 745. The molecule has 2 saturated heterocycles. The molecule has 0 bridgehead atoms. The fourth-order valence-corrected chi connectivity index (χ4v) is 4.75. The van der Waals surface area contributed by atoms with Gasteiger partial charge in [-0.05, 0) is 51.4 Å². The summed E-state index contributed by atoms with van der Waals surface area (Å²) >= 11 is 0. The average molecular weight is 429 g/mol. The van der Waals surface area contributed by atoms with Gasteiger partial charge in [0.05, 0.1) is 6.42 Å². The topological polar surface area (TPSA) is 47.1 Å². The zero-order chi connectivity index (χ0) is 22.4. The molecule has 3 rings (SSSR count). The average Bonchev–Trinajstić information content (AvgIpc) is 2.77. The second-order valence-electron chi connectivity index (χ2n) is 9.39. The quantitative estimate of drug-likeness (QED) is 0.668. The monoisotopic (exact) mass is 428 g/mol. The van der Waals surface area contributed by atoms with Crippen molar-refractivity contribution in [1.82, 2.24) is 19.6 Å². The predicted molar refractivity (Wildman–Crippen MR) is 125 cm³/mol. The van der Waals surface area contributed by atoms with E-state index in [2.05, 4.69) is 54.8 Å². The lowest BCUT2D eigenvalue weighted by atomic mass is 9.94. The summed E-state index contributed by atoms with van der Waals surface area (Å²) in [6, 6.07) is 8.46. The van der Waals surface area contributed by atoms with Gasteiger partial charge in [0.15, 0.2) is 0 Å². The summed E-state index contributed by atoms with van der Waals surface area (Å²) < 4.78 is 0. The Morgan fingerprint density at radius 1 is 1.00 bits per heavy atom. The third-order valence-corrected chi connectivity index (χ3v) is 7.24. The molecule has 2 aliphatic rings. The van der Waals surface area contributed by atoms with Crippen LogP contribution in [0.3, 0.4) is 0 Å². The van der Waals surface area contributed by atoms with Crippen LogP contribution in [0.1, 0.15) is 37.3 Å². The van der Waals surface area contributed by atoms with Gasteiger partial charge in [-0.25, -0.2) is 0 Å². The molecule has 0 saturated carbocycles. The molecule has 0 N–H and O–H groups in total. The second-order valence-corrected chi connectivity index (χ2v) is 9.39. The number of amides is 2. The number of nitrogens with zero attached hydrogens (tertiary/aromatic N) is 4. The van der Waals surface area contributed by atoms with Gasteiger partial charge in [-0.2, -0.15) is 0 Å². The van der Waals surface area contributed by atoms with Crippen LogP contribution in [0.2, 0.25) is 0 Å². The van der Waals surface area contributed by atoms with Crippen LogP contribution in [0.25, 0.3) is 0 Å². The van der Waals surface area contributed by atoms with Gasteiger partial charge in [0.1, 0.15) is 0 Å². The number of aryl methyl sites for hydroxylation is 1. The van der Waals surface area contributed by atoms with Gasteiger partial charge < -0.3 is 14.7 Å². The van der Waals surface area contributed by atoms with E-state index in [1.807, 2.05) is 17.0 Å². The first kappa shape index (κ1) is 23.7. The van der Waals surface area contributed by atoms with Crippen molar-refractivity contribution in [3.05, 3.63) is 35.4 Å². The molecule has 172 valence electrons. The highest BCUT2D eigenvalue weighted by atomic mass is 16.2. The number of carbonyl (C=O) groups is 2. The van der Waals surface area contributed by atoms with Crippen LogP contribution in [0.4, 0.5) is 0 Å². The molecule has 2 amide bonds. The van der Waals surface area contributed by atoms with Crippen molar-refractivity contribution in [1.29, 1.82) is 0 Å². The highest BCUT2D eigenvalue weighted by Crippen LogP contribution is 2.21. The molecule has 2 fully saturated rings. The maximum absolute atomic E-state index is 13.0. The molecule has 31 heavy (non-hydrogen) atoms. The van der Waals surface area contributed by atoms with Gasteiger partial charge in [-0.1, -0.05) is 31.2 Å². The zero-order valence-electron chi connectivity index (χ0n) is 19.8. The van der Waals surface area contributed by atoms with Crippen LogP contribution in [-0.2, 0) is 16.0 Å². The summed E-state index contributed by atoms with van der Waals surface area (Å²) in [6.45, 7) is 10.3. The van der Waals surface area contributed by atoms with Crippen molar-refractivity contribution >= 4 is 11.8 Å². The van der Waals surface area contributed by atoms with Crippen LogP contribution >= 0.6 is 0 Å². The standard InChI is InChI=1S/C25H40N4O2/c1-5-21(25(31)28-15-12-26(3)13-16-28)10-11-23-19-29(17-14-27(23)4)24(30)18-22-9-7-6-8-20(22)2/h6-9,21,23H,5,10-19H2,1-4H3. The van der Waals surface area contributed by atoms with E-state index in [1.54, 1.807) is 0 Å². The van der Waals surface area contributed by atoms with E-state index in [0.29, 0.717) is 18.4 Å². The van der Waals surface area contributed by atoms with Gasteiger partial charge in [0.2, 0.25) is 11.8 Å². The summed E-state index contributed by atoms with van der Waals surface area (Å²) in [5, 5.41) is 0. The van der Waals surface area contributed by atoms with Crippen LogP contribution in [0.5, 0.6) is 0 Å². The Balaban J connectivity index is 1.53. The summed E-state index contributed by atoms with van der Waals surface area (Å²) in [6.07, 6.45) is 3.22. The first-order chi connectivity index (χ1) is 14.9. The van der Waals surface area contributed by atoms with E-state index in [-0.39, 0.29) is 11.8 Å². The van der Waals surface area contributed by atoms with Crippen LogP contribution in [0, 0.1) is 12.8 Å². The Labute approximate surface area is 188 Å². The minimum Gasteiger partial charge on any atom is -0.340 e. The Morgan fingerprint density at radius 2 is 1.68 bits per heavy atom. The van der Waals surface area contributed by atoms with E-state index < -0.39 is 0 Å². The molecule has 2 unspecified atom stereocenters. The minimum atomic E-state index is 0.0925. The van der Waals surface area contributed by atoms with Crippen LogP contribution < -0.4 is 0 Å². The fraction of sp³-hybridized carbons (Fsp3) is 0.680. The number of benzene rings is 1. The smallest absolute Gasteiger partial charge is 0.227 e. The molecule has 6 heteroatoms. The molecule has 1 aromatic carbocycles. The molecule has 0 radical (unpaired) electrons. The van der Waals surface area contributed by atoms with E-state index in [0.717, 1.165) is 70.6 Å². The molecule has 0 aromatic heterocycles. The van der Waals surface area contributed by atoms with Crippen molar-refractivity contribution in [2.24, 2.45) is 5.92 Å². The van der Waals surface area contributed by atoms with Crippen LogP contribution in [0.15, 0.2) is 24.3 Å².